The summed E-state index contributed by atoms with van der Waals surface area (Å²) in [6.07, 6.45) is 0.713. The molecule has 0 aromatic carbocycles. The number of hydrogen-bond acceptors (Lipinski definition) is 4. The molecule has 0 aliphatic heterocycles. The summed E-state index contributed by atoms with van der Waals surface area (Å²) >= 11 is 0. The van der Waals surface area contributed by atoms with Crippen LogP contribution in [0.2, 0.25) is 0 Å². The zero-order valence-electron chi connectivity index (χ0n) is 9.60. The number of carbonyl (C=O) groups excluding carboxylic acids is 1. The SMILES string of the molecule is COCc1c(C=O)nnn1C(C)C(C)C. The van der Waals surface area contributed by atoms with Crippen molar-refractivity contribution in [3.05, 3.63) is 11.4 Å². The summed E-state index contributed by atoms with van der Waals surface area (Å²) in [6, 6.07) is 0.205. The Bertz CT molecular complexity index is 333. The van der Waals surface area contributed by atoms with E-state index in [0.717, 1.165) is 5.69 Å². The van der Waals surface area contributed by atoms with E-state index in [4.69, 9.17) is 4.74 Å². The third kappa shape index (κ3) is 2.41. The predicted octanol–water partition coefficient (Wildman–Crippen LogP) is 1.45. The summed E-state index contributed by atoms with van der Waals surface area (Å²) in [7, 11) is 1.59. The summed E-state index contributed by atoms with van der Waals surface area (Å²) in [5.74, 6) is 0.432. The van der Waals surface area contributed by atoms with Gasteiger partial charge in [0.2, 0.25) is 0 Å². The molecule has 1 atom stereocenters. The van der Waals surface area contributed by atoms with Gasteiger partial charge in [-0.3, -0.25) is 4.79 Å². The lowest BCUT2D eigenvalue weighted by Gasteiger charge is -2.17. The molecular formula is C10H17N3O2. The van der Waals surface area contributed by atoms with Gasteiger partial charge < -0.3 is 4.74 Å². The van der Waals surface area contributed by atoms with E-state index < -0.39 is 0 Å². The highest BCUT2D eigenvalue weighted by Crippen LogP contribution is 2.19. The van der Waals surface area contributed by atoms with Crippen molar-refractivity contribution >= 4 is 6.29 Å². The summed E-state index contributed by atoms with van der Waals surface area (Å²) in [5.41, 5.74) is 1.11. The lowest BCUT2D eigenvalue weighted by atomic mass is 10.1. The molecule has 0 radical (unpaired) electrons. The predicted molar refractivity (Wildman–Crippen MR) is 55.7 cm³/mol. The Kier molecular flexibility index (Phi) is 3.96. The first-order valence-electron chi connectivity index (χ1n) is 5.00. The monoisotopic (exact) mass is 211 g/mol. The average molecular weight is 211 g/mol. The smallest absolute Gasteiger partial charge is 0.172 e. The lowest BCUT2D eigenvalue weighted by Crippen LogP contribution is -2.16. The molecule has 0 saturated carbocycles. The Labute approximate surface area is 89.4 Å². The van der Waals surface area contributed by atoms with Crippen molar-refractivity contribution < 1.29 is 9.53 Å². The van der Waals surface area contributed by atoms with Crippen LogP contribution in [-0.2, 0) is 11.3 Å². The molecule has 5 heteroatoms. The van der Waals surface area contributed by atoms with Crippen LogP contribution in [0.4, 0.5) is 0 Å². The number of nitrogens with zero attached hydrogens (tertiary/aromatic N) is 3. The lowest BCUT2D eigenvalue weighted by molar-refractivity contribution is 0.111. The molecule has 0 aliphatic carbocycles. The minimum atomic E-state index is 0.205. The van der Waals surface area contributed by atoms with Gasteiger partial charge in [-0.05, 0) is 12.8 Å². The largest absolute Gasteiger partial charge is 0.378 e. The van der Waals surface area contributed by atoms with Crippen LogP contribution in [0.3, 0.4) is 0 Å². The number of methoxy groups -OCH3 is 1. The van der Waals surface area contributed by atoms with Crippen LogP contribution in [0.25, 0.3) is 0 Å². The molecule has 0 spiro atoms. The highest BCUT2D eigenvalue weighted by atomic mass is 16.5. The zero-order chi connectivity index (χ0) is 11.4. The minimum absolute atomic E-state index is 0.205. The Hall–Kier alpha value is -1.23. The number of hydrogen-bond donors (Lipinski definition) is 0. The normalized spacial score (nSPS) is 13.1. The van der Waals surface area contributed by atoms with Crippen molar-refractivity contribution in [2.24, 2.45) is 5.92 Å². The molecule has 0 fully saturated rings. The van der Waals surface area contributed by atoms with Gasteiger partial charge in [0.05, 0.1) is 18.3 Å². The van der Waals surface area contributed by atoms with Crippen molar-refractivity contribution in [1.82, 2.24) is 15.0 Å². The van der Waals surface area contributed by atoms with Crippen LogP contribution in [-0.4, -0.2) is 28.4 Å². The van der Waals surface area contributed by atoms with Gasteiger partial charge in [-0.15, -0.1) is 5.10 Å². The fourth-order valence-corrected chi connectivity index (χ4v) is 1.30. The van der Waals surface area contributed by atoms with Gasteiger partial charge in [0.25, 0.3) is 0 Å². The molecule has 1 aromatic rings. The van der Waals surface area contributed by atoms with E-state index in [9.17, 15) is 4.79 Å². The fraction of sp³-hybridized carbons (Fsp3) is 0.700. The summed E-state index contributed by atoms with van der Waals surface area (Å²) in [4.78, 5) is 10.7. The van der Waals surface area contributed by atoms with E-state index in [1.165, 1.54) is 0 Å². The van der Waals surface area contributed by atoms with Crippen molar-refractivity contribution in [2.45, 2.75) is 33.4 Å². The molecule has 15 heavy (non-hydrogen) atoms. The standard InChI is InChI=1S/C10H17N3O2/c1-7(2)8(3)13-10(6-15-4)9(5-14)11-12-13/h5,7-8H,6H2,1-4H3. The average Bonchev–Trinajstić information content (AvgIpc) is 2.60. The quantitative estimate of drug-likeness (QED) is 0.692. The molecule has 1 heterocycles. The number of aromatic nitrogens is 3. The maximum atomic E-state index is 10.7. The molecule has 0 amide bonds. The first-order chi connectivity index (χ1) is 7.11. The number of carbonyl (C=O) groups is 1. The Balaban J connectivity index is 3.06. The van der Waals surface area contributed by atoms with Crippen molar-refractivity contribution in [3.63, 3.8) is 0 Å². The summed E-state index contributed by atoms with van der Waals surface area (Å²) < 4.78 is 6.80. The molecular weight excluding hydrogens is 194 g/mol. The Morgan fingerprint density at radius 1 is 1.47 bits per heavy atom. The van der Waals surface area contributed by atoms with Crippen LogP contribution in [0.15, 0.2) is 0 Å². The molecule has 0 saturated heterocycles. The van der Waals surface area contributed by atoms with E-state index >= 15 is 0 Å². The Morgan fingerprint density at radius 3 is 2.60 bits per heavy atom. The maximum Gasteiger partial charge on any atom is 0.172 e. The number of ether oxygens (including phenoxy) is 1. The molecule has 0 bridgehead atoms. The van der Waals surface area contributed by atoms with Crippen LogP contribution >= 0.6 is 0 Å². The van der Waals surface area contributed by atoms with Gasteiger partial charge in [0.15, 0.2) is 12.0 Å². The van der Waals surface area contributed by atoms with Gasteiger partial charge in [-0.2, -0.15) is 0 Å². The van der Waals surface area contributed by atoms with Crippen LogP contribution in [0.1, 0.15) is 43.0 Å². The summed E-state index contributed by atoms with van der Waals surface area (Å²) in [6.45, 7) is 6.61. The van der Waals surface area contributed by atoms with Gasteiger partial charge in [0.1, 0.15) is 0 Å². The molecule has 1 aromatic heterocycles. The van der Waals surface area contributed by atoms with Gasteiger partial charge in [-0.1, -0.05) is 19.1 Å². The number of aldehydes is 1. The Morgan fingerprint density at radius 2 is 2.13 bits per heavy atom. The van der Waals surface area contributed by atoms with E-state index in [1.807, 2.05) is 6.92 Å². The summed E-state index contributed by atoms with van der Waals surface area (Å²) in [5, 5.41) is 7.80. The van der Waals surface area contributed by atoms with E-state index in [0.29, 0.717) is 24.5 Å². The second kappa shape index (κ2) is 5.02. The van der Waals surface area contributed by atoms with E-state index in [2.05, 4.69) is 24.2 Å². The van der Waals surface area contributed by atoms with Gasteiger partial charge >= 0.3 is 0 Å². The highest BCUT2D eigenvalue weighted by molar-refractivity contribution is 5.73. The molecule has 5 nitrogen and oxygen atoms in total. The molecule has 0 aliphatic rings. The van der Waals surface area contributed by atoms with Crippen LogP contribution < -0.4 is 0 Å². The minimum Gasteiger partial charge on any atom is -0.378 e. The second-order valence-electron chi connectivity index (χ2n) is 3.90. The first-order valence-corrected chi connectivity index (χ1v) is 5.00. The van der Waals surface area contributed by atoms with Gasteiger partial charge in [-0.25, -0.2) is 4.68 Å². The third-order valence-corrected chi connectivity index (χ3v) is 2.56. The maximum absolute atomic E-state index is 10.7. The van der Waals surface area contributed by atoms with E-state index in [1.54, 1.807) is 11.8 Å². The second-order valence-corrected chi connectivity index (χ2v) is 3.90. The zero-order valence-corrected chi connectivity index (χ0v) is 9.60. The first kappa shape index (κ1) is 11.8. The highest BCUT2D eigenvalue weighted by Gasteiger charge is 2.18. The van der Waals surface area contributed by atoms with Crippen molar-refractivity contribution in [3.8, 4) is 0 Å². The molecule has 0 N–H and O–H groups in total. The topological polar surface area (TPSA) is 57.0 Å². The van der Waals surface area contributed by atoms with Gasteiger partial charge in [0, 0.05) is 7.11 Å². The fourth-order valence-electron chi connectivity index (χ4n) is 1.30. The number of rotatable bonds is 5. The van der Waals surface area contributed by atoms with E-state index in [-0.39, 0.29) is 6.04 Å². The van der Waals surface area contributed by atoms with Crippen molar-refractivity contribution in [2.75, 3.05) is 7.11 Å². The molecule has 1 rings (SSSR count). The molecule has 84 valence electrons. The van der Waals surface area contributed by atoms with Crippen LogP contribution in [0.5, 0.6) is 0 Å². The van der Waals surface area contributed by atoms with Crippen molar-refractivity contribution in [1.29, 1.82) is 0 Å². The molecule has 1 unspecified atom stereocenters. The third-order valence-electron chi connectivity index (χ3n) is 2.56. The van der Waals surface area contributed by atoms with Crippen LogP contribution in [0, 0.1) is 5.92 Å².